The molecule has 8 heteroatoms. The molecule has 2 aromatic rings. The van der Waals surface area contributed by atoms with Gasteiger partial charge in [-0.3, -0.25) is 4.72 Å². The normalized spacial score (nSPS) is 11.2. The number of benzene rings is 2. The number of hydrogen-bond donors (Lipinski definition) is 2. The number of nitrogens with two attached hydrogens (primary N) is 1. The number of hydrogen-bond acceptors (Lipinski definition) is 4. The lowest BCUT2D eigenvalue weighted by molar-refractivity contribution is 0.417. The van der Waals surface area contributed by atoms with Crippen molar-refractivity contribution in [3.63, 3.8) is 0 Å². The summed E-state index contributed by atoms with van der Waals surface area (Å²) in [6.45, 7) is 0. The third-order valence-corrected chi connectivity index (χ3v) is 5.23. The van der Waals surface area contributed by atoms with Gasteiger partial charge in [0, 0.05) is 14.6 Å². The highest BCUT2D eigenvalue weighted by atomic mass is 79.9. The van der Waals surface area contributed by atoms with E-state index in [0.717, 1.165) is 4.47 Å². The van der Waals surface area contributed by atoms with Gasteiger partial charge in [0.25, 0.3) is 10.0 Å². The smallest absolute Gasteiger partial charge is 0.262 e. The van der Waals surface area contributed by atoms with Crippen molar-refractivity contribution in [3.05, 3.63) is 45.3 Å². The average Bonchev–Trinajstić information content (AvgIpc) is 2.41. The summed E-state index contributed by atoms with van der Waals surface area (Å²) in [7, 11) is -2.27. The van der Waals surface area contributed by atoms with E-state index in [4.69, 9.17) is 10.5 Å². The molecule has 0 saturated heterocycles. The van der Waals surface area contributed by atoms with E-state index in [9.17, 15) is 8.42 Å². The minimum Gasteiger partial charge on any atom is -0.495 e. The Kier molecular flexibility index (Phi) is 4.80. The molecule has 0 aliphatic heterocycles. The maximum Gasteiger partial charge on any atom is 0.262 e. The number of methoxy groups -OCH3 is 1. The predicted molar refractivity (Wildman–Crippen MR) is 90.1 cm³/mol. The molecule has 112 valence electrons. The van der Waals surface area contributed by atoms with Crippen LogP contribution >= 0.6 is 31.9 Å². The summed E-state index contributed by atoms with van der Waals surface area (Å²) in [5.74, 6) is 0.427. The number of halogens is 2. The van der Waals surface area contributed by atoms with E-state index in [-0.39, 0.29) is 4.90 Å². The van der Waals surface area contributed by atoms with Gasteiger partial charge in [0.15, 0.2) is 0 Å². The van der Waals surface area contributed by atoms with Crippen molar-refractivity contribution in [1.29, 1.82) is 0 Å². The minimum absolute atomic E-state index is 0.102. The molecular formula is C13H12Br2N2O3S. The monoisotopic (exact) mass is 434 g/mol. The molecule has 0 aromatic heterocycles. The maximum atomic E-state index is 12.4. The van der Waals surface area contributed by atoms with E-state index in [1.54, 1.807) is 18.2 Å². The first-order valence-electron chi connectivity index (χ1n) is 5.75. The number of ether oxygens (including phenoxy) is 1. The van der Waals surface area contributed by atoms with Crippen molar-refractivity contribution in [2.45, 2.75) is 4.90 Å². The molecule has 2 aromatic carbocycles. The zero-order valence-corrected chi connectivity index (χ0v) is 14.9. The molecule has 0 aliphatic carbocycles. The summed E-state index contributed by atoms with van der Waals surface area (Å²) in [4.78, 5) is 0.102. The van der Waals surface area contributed by atoms with Gasteiger partial charge in [-0.15, -0.1) is 0 Å². The molecule has 0 amide bonds. The van der Waals surface area contributed by atoms with Crippen LogP contribution in [0.3, 0.4) is 0 Å². The first-order valence-corrected chi connectivity index (χ1v) is 8.82. The van der Waals surface area contributed by atoms with Crippen molar-refractivity contribution in [1.82, 2.24) is 0 Å². The maximum absolute atomic E-state index is 12.4. The highest BCUT2D eigenvalue weighted by Crippen LogP contribution is 2.31. The van der Waals surface area contributed by atoms with Gasteiger partial charge in [0.1, 0.15) is 5.75 Å². The molecule has 0 aliphatic rings. The summed E-state index contributed by atoms with van der Waals surface area (Å²) in [6, 6.07) is 9.46. The van der Waals surface area contributed by atoms with Crippen molar-refractivity contribution in [3.8, 4) is 5.75 Å². The van der Waals surface area contributed by atoms with Gasteiger partial charge in [-0.2, -0.15) is 0 Å². The lowest BCUT2D eigenvalue weighted by atomic mass is 10.3. The highest BCUT2D eigenvalue weighted by molar-refractivity contribution is 9.10. The topological polar surface area (TPSA) is 81.4 Å². The second kappa shape index (κ2) is 6.25. The third-order valence-electron chi connectivity index (χ3n) is 2.69. The van der Waals surface area contributed by atoms with Crippen LogP contribution in [0, 0.1) is 0 Å². The Hall–Kier alpha value is -1.25. The Morgan fingerprint density at radius 2 is 1.86 bits per heavy atom. The van der Waals surface area contributed by atoms with Crippen LogP contribution in [0.5, 0.6) is 5.75 Å². The predicted octanol–water partition coefficient (Wildman–Crippen LogP) is 3.60. The van der Waals surface area contributed by atoms with Crippen molar-refractivity contribution in [2.75, 3.05) is 17.6 Å². The Morgan fingerprint density at radius 1 is 1.14 bits per heavy atom. The molecule has 0 bridgehead atoms. The van der Waals surface area contributed by atoms with E-state index in [2.05, 4.69) is 36.6 Å². The average molecular weight is 436 g/mol. The molecule has 5 nitrogen and oxygen atoms in total. The van der Waals surface area contributed by atoms with Crippen LogP contribution in [-0.4, -0.2) is 15.5 Å². The number of sulfonamides is 1. The Labute approximate surface area is 139 Å². The van der Waals surface area contributed by atoms with E-state index in [0.29, 0.717) is 21.6 Å². The van der Waals surface area contributed by atoms with E-state index in [1.807, 2.05) is 0 Å². The van der Waals surface area contributed by atoms with Gasteiger partial charge >= 0.3 is 0 Å². The van der Waals surface area contributed by atoms with Gasteiger partial charge in [0.2, 0.25) is 0 Å². The summed E-state index contributed by atoms with van der Waals surface area (Å²) >= 11 is 6.51. The fourth-order valence-corrected chi connectivity index (χ4v) is 3.62. The molecule has 3 N–H and O–H groups in total. The number of rotatable bonds is 4. The summed E-state index contributed by atoms with van der Waals surface area (Å²) in [5, 5.41) is 0. The fourth-order valence-electron chi connectivity index (χ4n) is 1.64. The summed E-state index contributed by atoms with van der Waals surface area (Å²) in [5.41, 5.74) is 6.48. The first-order chi connectivity index (χ1) is 9.83. The molecule has 0 unspecified atom stereocenters. The zero-order valence-electron chi connectivity index (χ0n) is 10.9. The fraction of sp³-hybridized carbons (Fsp3) is 0.0769. The van der Waals surface area contributed by atoms with E-state index >= 15 is 0 Å². The quantitative estimate of drug-likeness (QED) is 0.718. The van der Waals surface area contributed by atoms with Crippen molar-refractivity contribution in [2.24, 2.45) is 0 Å². The number of nitrogen functional groups attached to an aromatic ring is 1. The molecule has 0 radical (unpaired) electrons. The molecule has 0 fully saturated rings. The van der Waals surface area contributed by atoms with Gasteiger partial charge < -0.3 is 10.5 Å². The van der Waals surface area contributed by atoms with Crippen LogP contribution in [0.4, 0.5) is 11.4 Å². The zero-order chi connectivity index (χ0) is 15.6. The van der Waals surface area contributed by atoms with E-state index < -0.39 is 10.0 Å². The standard InChI is InChI=1S/C13H12Br2N2O3S/c1-20-13-5-2-8(14)6-12(13)17-21(18,19)9-3-4-11(16)10(15)7-9/h2-7,17H,16H2,1H3. The first kappa shape index (κ1) is 16.1. The second-order valence-corrected chi connectivity index (χ2v) is 7.59. The molecule has 21 heavy (non-hydrogen) atoms. The summed E-state index contributed by atoms with van der Waals surface area (Å²) < 4.78 is 33.7. The van der Waals surface area contributed by atoms with Crippen LogP contribution < -0.4 is 15.2 Å². The van der Waals surface area contributed by atoms with Crippen LogP contribution in [0.25, 0.3) is 0 Å². The third kappa shape index (κ3) is 3.69. The number of anilines is 2. The Morgan fingerprint density at radius 3 is 2.48 bits per heavy atom. The van der Waals surface area contributed by atoms with Crippen LogP contribution in [0.1, 0.15) is 0 Å². The number of nitrogens with one attached hydrogen (secondary N) is 1. The van der Waals surface area contributed by atoms with Gasteiger partial charge in [0.05, 0.1) is 17.7 Å². The second-order valence-electron chi connectivity index (χ2n) is 4.13. The van der Waals surface area contributed by atoms with E-state index in [1.165, 1.54) is 25.3 Å². The largest absolute Gasteiger partial charge is 0.495 e. The molecule has 0 spiro atoms. The van der Waals surface area contributed by atoms with Gasteiger partial charge in [-0.1, -0.05) is 15.9 Å². The SMILES string of the molecule is COc1ccc(Br)cc1NS(=O)(=O)c1ccc(N)c(Br)c1. The molecule has 0 heterocycles. The van der Waals surface area contributed by atoms with Crippen LogP contribution in [0.15, 0.2) is 50.2 Å². The van der Waals surface area contributed by atoms with Crippen LogP contribution in [-0.2, 0) is 10.0 Å². The molecular weight excluding hydrogens is 424 g/mol. The molecule has 0 atom stereocenters. The minimum atomic E-state index is -3.74. The Balaban J connectivity index is 2.41. The lowest BCUT2D eigenvalue weighted by Gasteiger charge is -2.12. The van der Waals surface area contributed by atoms with Gasteiger partial charge in [-0.25, -0.2) is 8.42 Å². The highest BCUT2D eigenvalue weighted by Gasteiger charge is 2.17. The van der Waals surface area contributed by atoms with Gasteiger partial charge in [-0.05, 0) is 52.3 Å². The van der Waals surface area contributed by atoms with Crippen LogP contribution in [0.2, 0.25) is 0 Å². The lowest BCUT2D eigenvalue weighted by Crippen LogP contribution is -2.13. The molecule has 2 rings (SSSR count). The summed E-state index contributed by atoms with van der Waals surface area (Å²) in [6.07, 6.45) is 0. The molecule has 0 saturated carbocycles. The van der Waals surface area contributed by atoms with Crippen molar-refractivity contribution >= 4 is 53.3 Å². The Bertz CT molecular complexity index is 779. The van der Waals surface area contributed by atoms with Crippen molar-refractivity contribution < 1.29 is 13.2 Å².